The van der Waals surface area contributed by atoms with Gasteiger partial charge in [-0.15, -0.1) is 13.2 Å². The fraction of sp³-hybridized carbons (Fsp3) is 0.412. The molecule has 0 saturated heterocycles. The first kappa shape index (κ1) is 21.0. The average molecular weight is 435 g/mol. The summed E-state index contributed by atoms with van der Waals surface area (Å²) in [7, 11) is 0. The average Bonchev–Trinajstić information content (AvgIpc) is 3.11. The van der Waals surface area contributed by atoms with Crippen LogP contribution in [0.3, 0.4) is 0 Å². The lowest BCUT2D eigenvalue weighted by atomic mass is 10.2. The maximum atomic E-state index is 12.8. The van der Waals surface area contributed by atoms with Crippen molar-refractivity contribution in [3.05, 3.63) is 40.4 Å². The molecule has 11 heteroatoms. The van der Waals surface area contributed by atoms with Crippen LogP contribution in [0.5, 0.6) is 0 Å². The van der Waals surface area contributed by atoms with Crippen LogP contribution < -0.4 is 10.0 Å². The number of fused-ring (bicyclic) bond motifs is 1. The van der Waals surface area contributed by atoms with Gasteiger partial charge in [0.1, 0.15) is 17.1 Å². The van der Waals surface area contributed by atoms with E-state index < -0.39 is 12.6 Å². The van der Waals surface area contributed by atoms with Gasteiger partial charge >= 0.3 is 6.36 Å². The second kappa shape index (κ2) is 8.32. The Bertz CT molecular complexity index is 888. The van der Waals surface area contributed by atoms with E-state index in [1.54, 1.807) is 13.0 Å². The molecule has 1 aliphatic rings. The second-order valence-electron chi connectivity index (χ2n) is 6.25. The van der Waals surface area contributed by atoms with Gasteiger partial charge in [0.15, 0.2) is 0 Å². The first-order chi connectivity index (χ1) is 13.2. The van der Waals surface area contributed by atoms with Gasteiger partial charge in [0.05, 0.1) is 0 Å². The summed E-state index contributed by atoms with van der Waals surface area (Å²) in [4.78, 5) is 17.5. The topological polar surface area (TPSA) is 68.2 Å². The lowest BCUT2D eigenvalue weighted by Crippen LogP contribution is -2.30. The van der Waals surface area contributed by atoms with Crippen molar-refractivity contribution in [3.63, 3.8) is 0 Å². The van der Waals surface area contributed by atoms with Gasteiger partial charge in [-0.1, -0.05) is 11.6 Å². The zero-order chi connectivity index (χ0) is 20.5. The molecular weight excluding hydrogens is 417 g/mol. The smallest absolute Gasteiger partial charge is 0.339 e. The van der Waals surface area contributed by atoms with Crippen LogP contribution in [0, 0.1) is 6.92 Å². The van der Waals surface area contributed by atoms with E-state index in [2.05, 4.69) is 19.8 Å². The molecule has 0 saturated carbocycles. The molecular formula is C17H18ClF3N4O2S. The van der Waals surface area contributed by atoms with Crippen molar-refractivity contribution in [2.24, 2.45) is 0 Å². The summed E-state index contributed by atoms with van der Waals surface area (Å²) >= 11 is 6.89. The monoisotopic (exact) mass is 434 g/mol. The quantitative estimate of drug-likeness (QED) is 0.397. The van der Waals surface area contributed by atoms with Crippen molar-refractivity contribution in [2.45, 2.75) is 50.7 Å². The molecule has 6 nitrogen and oxygen atoms in total. The third kappa shape index (κ3) is 4.80. The number of ether oxygens (including phenoxy) is 1. The van der Waals surface area contributed by atoms with Crippen LogP contribution in [0.1, 0.15) is 35.1 Å². The van der Waals surface area contributed by atoms with Gasteiger partial charge < -0.3 is 9.88 Å². The molecule has 1 atom stereocenters. The molecule has 3 rings (SSSR count). The molecule has 152 valence electrons. The SMILES string of the molecule is Cc1c(SNC(C)OC(F)(F)F)c2n(c1C(=O)Nc1ccnc(Cl)c1)CCC2. The molecule has 3 heterocycles. The highest BCUT2D eigenvalue weighted by molar-refractivity contribution is 7.97. The van der Waals surface area contributed by atoms with E-state index in [4.69, 9.17) is 11.6 Å². The normalized spacial score (nSPS) is 14.8. The number of carbonyl (C=O) groups excluding carboxylic acids is 1. The van der Waals surface area contributed by atoms with Crippen molar-refractivity contribution >= 4 is 35.1 Å². The predicted octanol–water partition coefficient (Wildman–Crippen LogP) is 4.52. The number of alkyl halides is 3. The van der Waals surface area contributed by atoms with E-state index in [1.807, 2.05) is 4.57 Å². The van der Waals surface area contributed by atoms with Crippen LogP contribution in [0.25, 0.3) is 0 Å². The Morgan fingerprint density at radius 2 is 2.21 bits per heavy atom. The van der Waals surface area contributed by atoms with Crippen molar-refractivity contribution in [2.75, 3.05) is 5.32 Å². The molecule has 28 heavy (non-hydrogen) atoms. The number of amides is 1. The van der Waals surface area contributed by atoms with E-state index in [-0.39, 0.29) is 11.1 Å². The van der Waals surface area contributed by atoms with Crippen molar-refractivity contribution in [3.8, 4) is 0 Å². The van der Waals surface area contributed by atoms with E-state index >= 15 is 0 Å². The third-order valence-corrected chi connectivity index (χ3v) is 5.59. The molecule has 1 aliphatic heterocycles. The number of hydrogen-bond acceptors (Lipinski definition) is 5. The molecule has 0 spiro atoms. The Morgan fingerprint density at radius 1 is 1.46 bits per heavy atom. The number of pyridine rings is 1. The molecule has 0 aromatic carbocycles. The predicted molar refractivity (Wildman–Crippen MR) is 100 cm³/mol. The Kier molecular flexibility index (Phi) is 6.23. The Balaban J connectivity index is 1.80. The molecule has 0 bridgehead atoms. The minimum atomic E-state index is -4.72. The number of carbonyl (C=O) groups is 1. The largest absolute Gasteiger partial charge is 0.524 e. The molecule has 0 radical (unpaired) electrons. The summed E-state index contributed by atoms with van der Waals surface area (Å²) in [5.41, 5.74) is 2.61. The summed E-state index contributed by atoms with van der Waals surface area (Å²) in [5, 5.41) is 3.05. The molecule has 2 aromatic rings. The lowest BCUT2D eigenvalue weighted by Gasteiger charge is -2.16. The summed E-state index contributed by atoms with van der Waals surface area (Å²) in [5.74, 6) is -0.311. The number of nitrogens with one attached hydrogen (secondary N) is 2. The first-order valence-corrected chi connectivity index (χ1v) is 9.67. The highest BCUT2D eigenvalue weighted by atomic mass is 35.5. The summed E-state index contributed by atoms with van der Waals surface area (Å²) in [6, 6.07) is 3.16. The Hall–Kier alpha value is -1.75. The van der Waals surface area contributed by atoms with Gasteiger partial charge in [0.2, 0.25) is 0 Å². The summed E-state index contributed by atoms with van der Waals surface area (Å²) in [6.45, 7) is 3.72. The minimum Gasteiger partial charge on any atom is -0.339 e. The van der Waals surface area contributed by atoms with Crippen LogP contribution in [-0.2, 0) is 17.7 Å². The van der Waals surface area contributed by atoms with Gasteiger partial charge in [-0.05, 0) is 56.3 Å². The number of rotatable bonds is 6. The molecule has 0 aliphatic carbocycles. The van der Waals surface area contributed by atoms with E-state index in [0.717, 1.165) is 35.4 Å². The number of aromatic nitrogens is 2. The van der Waals surface area contributed by atoms with Crippen molar-refractivity contribution in [1.29, 1.82) is 0 Å². The van der Waals surface area contributed by atoms with Crippen LogP contribution in [0.15, 0.2) is 23.2 Å². The van der Waals surface area contributed by atoms with Gasteiger partial charge in [-0.2, -0.15) is 0 Å². The maximum Gasteiger partial charge on any atom is 0.524 e. The first-order valence-electron chi connectivity index (χ1n) is 8.47. The van der Waals surface area contributed by atoms with Crippen molar-refractivity contribution in [1.82, 2.24) is 14.3 Å². The van der Waals surface area contributed by atoms with Gasteiger partial charge in [0.25, 0.3) is 5.91 Å². The number of anilines is 1. The summed E-state index contributed by atoms with van der Waals surface area (Å²) in [6.07, 6.45) is -2.87. The molecule has 1 amide bonds. The maximum absolute atomic E-state index is 12.8. The van der Waals surface area contributed by atoms with Crippen LogP contribution in [0.4, 0.5) is 18.9 Å². The number of nitrogens with zero attached hydrogens (tertiary/aromatic N) is 2. The third-order valence-electron chi connectivity index (χ3n) is 4.19. The molecule has 0 fully saturated rings. The highest BCUT2D eigenvalue weighted by Gasteiger charge is 2.33. The fourth-order valence-corrected chi connectivity index (χ4v) is 4.23. The number of hydrogen-bond donors (Lipinski definition) is 2. The zero-order valence-electron chi connectivity index (χ0n) is 15.1. The Labute approximate surface area is 168 Å². The van der Waals surface area contributed by atoms with Crippen LogP contribution >= 0.6 is 23.5 Å². The van der Waals surface area contributed by atoms with Crippen LogP contribution in [0.2, 0.25) is 5.15 Å². The van der Waals surface area contributed by atoms with Gasteiger partial charge in [0, 0.05) is 29.0 Å². The Morgan fingerprint density at radius 3 is 2.89 bits per heavy atom. The molecule has 2 N–H and O–H groups in total. The summed E-state index contributed by atoms with van der Waals surface area (Å²) < 4.78 is 45.5. The van der Waals surface area contributed by atoms with Crippen molar-refractivity contribution < 1.29 is 22.7 Å². The standard InChI is InChI=1S/C17H18ClF3N4O2S/c1-9-14(16(26)23-11-5-6-22-13(18)8-11)25-7-3-4-12(25)15(9)28-24-10(2)27-17(19,20)21/h5-6,8,10,24H,3-4,7H2,1-2H3,(H,22,23,26). The van der Waals surface area contributed by atoms with E-state index in [0.29, 0.717) is 23.5 Å². The lowest BCUT2D eigenvalue weighted by molar-refractivity contribution is -0.341. The zero-order valence-corrected chi connectivity index (χ0v) is 16.6. The molecule has 2 aromatic heterocycles. The fourth-order valence-electron chi connectivity index (χ4n) is 3.15. The second-order valence-corrected chi connectivity index (χ2v) is 7.49. The van der Waals surface area contributed by atoms with E-state index in [1.165, 1.54) is 19.2 Å². The van der Waals surface area contributed by atoms with E-state index in [9.17, 15) is 18.0 Å². The van der Waals surface area contributed by atoms with Gasteiger partial charge in [-0.25, -0.2) is 9.71 Å². The highest BCUT2D eigenvalue weighted by Crippen LogP contribution is 2.35. The minimum absolute atomic E-state index is 0.258. The molecule has 1 unspecified atom stereocenters. The van der Waals surface area contributed by atoms with Gasteiger partial charge in [-0.3, -0.25) is 9.53 Å². The number of halogens is 4. The van der Waals surface area contributed by atoms with Crippen LogP contribution in [-0.4, -0.2) is 28.0 Å².